The summed E-state index contributed by atoms with van der Waals surface area (Å²) in [4.78, 5) is 0. The van der Waals surface area contributed by atoms with Crippen molar-refractivity contribution in [2.24, 2.45) is 17.1 Å². The van der Waals surface area contributed by atoms with E-state index in [1.54, 1.807) is 0 Å². The van der Waals surface area contributed by atoms with Crippen molar-refractivity contribution in [2.45, 2.75) is 45.3 Å². The molecule has 1 aliphatic carbocycles. The predicted octanol–water partition coefficient (Wildman–Crippen LogP) is 1.90. The lowest BCUT2D eigenvalue weighted by Crippen LogP contribution is -2.49. The second-order valence-electron chi connectivity index (χ2n) is 5.83. The third kappa shape index (κ3) is 2.52. The highest BCUT2D eigenvalue weighted by Gasteiger charge is 2.42. The number of hydrogen-bond acceptors (Lipinski definition) is 3. The van der Waals surface area contributed by atoms with Gasteiger partial charge in [-0.15, -0.1) is 0 Å². The quantitative estimate of drug-likeness (QED) is 0.723. The molecule has 1 spiro atoms. The van der Waals surface area contributed by atoms with Gasteiger partial charge in [-0.3, -0.25) is 0 Å². The lowest BCUT2D eigenvalue weighted by molar-refractivity contribution is -0.312. The van der Waals surface area contributed by atoms with Gasteiger partial charge in [0.2, 0.25) is 0 Å². The van der Waals surface area contributed by atoms with Gasteiger partial charge in [0.05, 0.1) is 13.2 Å². The molecule has 2 rings (SSSR count). The lowest BCUT2D eigenvalue weighted by Gasteiger charge is -2.46. The van der Waals surface area contributed by atoms with E-state index in [4.69, 9.17) is 15.2 Å². The third-order valence-corrected chi connectivity index (χ3v) is 3.65. The molecule has 2 N–H and O–H groups in total. The highest BCUT2D eigenvalue weighted by Crippen LogP contribution is 2.40. The zero-order valence-electron chi connectivity index (χ0n) is 9.92. The molecule has 2 fully saturated rings. The van der Waals surface area contributed by atoms with Crippen LogP contribution < -0.4 is 5.73 Å². The van der Waals surface area contributed by atoms with E-state index in [1.165, 1.54) is 0 Å². The summed E-state index contributed by atoms with van der Waals surface area (Å²) < 4.78 is 11.9. The van der Waals surface area contributed by atoms with Crippen LogP contribution in [0.15, 0.2) is 0 Å². The molecule has 88 valence electrons. The van der Waals surface area contributed by atoms with E-state index >= 15 is 0 Å². The minimum absolute atomic E-state index is 0.177. The molecule has 3 nitrogen and oxygen atoms in total. The van der Waals surface area contributed by atoms with Crippen molar-refractivity contribution in [2.75, 3.05) is 19.8 Å². The molecule has 1 saturated heterocycles. The van der Waals surface area contributed by atoms with Crippen LogP contribution in [0.5, 0.6) is 0 Å². The van der Waals surface area contributed by atoms with Gasteiger partial charge in [0.25, 0.3) is 0 Å². The normalized spacial score (nSPS) is 30.6. The zero-order valence-corrected chi connectivity index (χ0v) is 9.92. The molecule has 0 radical (unpaired) electrons. The Hall–Kier alpha value is -0.120. The molecule has 1 heterocycles. The Morgan fingerprint density at radius 1 is 1.13 bits per heavy atom. The molecule has 2 aliphatic rings. The van der Waals surface area contributed by atoms with Gasteiger partial charge in [-0.2, -0.15) is 0 Å². The maximum absolute atomic E-state index is 5.95. The fourth-order valence-corrected chi connectivity index (χ4v) is 2.38. The van der Waals surface area contributed by atoms with Crippen molar-refractivity contribution in [3.05, 3.63) is 0 Å². The monoisotopic (exact) mass is 213 g/mol. The van der Waals surface area contributed by atoms with Crippen molar-refractivity contribution in [3.8, 4) is 0 Å². The second kappa shape index (κ2) is 4.04. The summed E-state index contributed by atoms with van der Waals surface area (Å²) in [6.45, 7) is 6.82. The molecule has 3 heteroatoms. The Balaban J connectivity index is 1.89. The highest BCUT2D eigenvalue weighted by atomic mass is 16.7. The minimum atomic E-state index is -0.263. The first-order chi connectivity index (χ1) is 7.05. The van der Waals surface area contributed by atoms with Gasteiger partial charge < -0.3 is 15.2 Å². The smallest absolute Gasteiger partial charge is 0.168 e. The topological polar surface area (TPSA) is 44.5 Å². The average molecular weight is 213 g/mol. The van der Waals surface area contributed by atoms with Crippen LogP contribution in [0.2, 0.25) is 0 Å². The van der Waals surface area contributed by atoms with Gasteiger partial charge in [-0.1, -0.05) is 13.8 Å². The first-order valence-corrected chi connectivity index (χ1v) is 6.03. The summed E-state index contributed by atoms with van der Waals surface area (Å²) in [6.07, 6.45) is 4.34. The number of hydrogen-bond donors (Lipinski definition) is 1. The van der Waals surface area contributed by atoms with E-state index in [2.05, 4.69) is 13.8 Å². The molecule has 0 aromatic heterocycles. The molecule has 0 atom stereocenters. The van der Waals surface area contributed by atoms with Gasteiger partial charge >= 0.3 is 0 Å². The highest BCUT2D eigenvalue weighted by molar-refractivity contribution is 4.85. The molecule has 1 saturated carbocycles. The number of rotatable bonds is 1. The maximum atomic E-state index is 5.95. The second-order valence-corrected chi connectivity index (χ2v) is 5.83. The summed E-state index contributed by atoms with van der Waals surface area (Å²) >= 11 is 0. The Bertz CT molecular complexity index is 208. The summed E-state index contributed by atoms with van der Waals surface area (Å²) in [7, 11) is 0. The first-order valence-electron chi connectivity index (χ1n) is 6.03. The van der Waals surface area contributed by atoms with Crippen molar-refractivity contribution in [1.82, 2.24) is 0 Å². The van der Waals surface area contributed by atoms with Crippen LogP contribution in [0, 0.1) is 11.3 Å². The predicted molar refractivity (Wildman–Crippen MR) is 59.4 cm³/mol. The van der Waals surface area contributed by atoms with Gasteiger partial charge in [0, 0.05) is 18.3 Å². The third-order valence-electron chi connectivity index (χ3n) is 3.65. The zero-order chi connectivity index (χ0) is 10.9. The molecular weight excluding hydrogens is 190 g/mol. The van der Waals surface area contributed by atoms with Crippen molar-refractivity contribution >= 4 is 0 Å². The molecule has 0 aromatic carbocycles. The van der Waals surface area contributed by atoms with E-state index in [1.807, 2.05) is 0 Å². The first kappa shape index (κ1) is 11.4. The van der Waals surface area contributed by atoms with Crippen LogP contribution in [0.3, 0.4) is 0 Å². The fraction of sp³-hybridized carbons (Fsp3) is 1.00. The molecule has 0 aromatic rings. The van der Waals surface area contributed by atoms with E-state index in [0.29, 0.717) is 5.92 Å². The van der Waals surface area contributed by atoms with Crippen LogP contribution >= 0.6 is 0 Å². The van der Waals surface area contributed by atoms with Crippen LogP contribution in [-0.4, -0.2) is 25.5 Å². The summed E-state index contributed by atoms with van der Waals surface area (Å²) in [5.74, 6) is 0.416. The fourth-order valence-electron chi connectivity index (χ4n) is 2.38. The van der Waals surface area contributed by atoms with Crippen LogP contribution in [-0.2, 0) is 9.47 Å². The Morgan fingerprint density at radius 3 is 2.13 bits per heavy atom. The average Bonchev–Trinajstić information content (AvgIpc) is 2.24. The van der Waals surface area contributed by atoms with Gasteiger partial charge in [0.15, 0.2) is 5.79 Å². The van der Waals surface area contributed by atoms with Crippen molar-refractivity contribution < 1.29 is 9.47 Å². The Labute approximate surface area is 92.3 Å². The Morgan fingerprint density at radius 2 is 1.67 bits per heavy atom. The summed E-state index contributed by atoms with van der Waals surface area (Å²) in [5.41, 5.74) is 5.86. The van der Waals surface area contributed by atoms with Gasteiger partial charge in [-0.05, 0) is 25.3 Å². The molecule has 0 bridgehead atoms. The molecular formula is C12H23NO2. The van der Waals surface area contributed by atoms with E-state index in [-0.39, 0.29) is 11.2 Å². The van der Waals surface area contributed by atoms with Crippen LogP contribution in [0.4, 0.5) is 0 Å². The number of nitrogens with two attached hydrogens (primary N) is 1. The van der Waals surface area contributed by atoms with Crippen LogP contribution in [0.25, 0.3) is 0 Å². The van der Waals surface area contributed by atoms with Crippen molar-refractivity contribution in [3.63, 3.8) is 0 Å². The minimum Gasteiger partial charge on any atom is -0.349 e. The van der Waals surface area contributed by atoms with E-state index in [0.717, 1.165) is 45.4 Å². The van der Waals surface area contributed by atoms with Crippen LogP contribution in [0.1, 0.15) is 39.5 Å². The number of ether oxygens (including phenoxy) is 2. The maximum Gasteiger partial charge on any atom is 0.168 e. The van der Waals surface area contributed by atoms with E-state index < -0.39 is 0 Å². The molecule has 1 aliphatic heterocycles. The summed E-state index contributed by atoms with van der Waals surface area (Å²) in [5, 5.41) is 0. The summed E-state index contributed by atoms with van der Waals surface area (Å²) in [6, 6.07) is 0. The lowest BCUT2D eigenvalue weighted by atomic mass is 9.83. The van der Waals surface area contributed by atoms with Gasteiger partial charge in [0.1, 0.15) is 0 Å². The standard InChI is InChI=1S/C12H23NO2/c1-11(2)8-14-12(15-9-11)5-3-10(7-13)4-6-12/h10H,3-9,13H2,1-2H3. The molecule has 0 amide bonds. The molecule has 0 unspecified atom stereocenters. The van der Waals surface area contributed by atoms with Gasteiger partial charge in [-0.25, -0.2) is 0 Å². The SMILES string of the molecule is CC1(C)COC2(CCC(CN)CC2)OC1. The Kier molecular flexibility index (Phi) is 3.06. The molecule has 15 heavy (non-hydrogen) atoms. The van der Waals surface area contributed by atoms with E-state index in [9.17, 15) is 0 Å². The largest absolute Gasteiger partial charge is 0.349 e. The van der Waals surface area contributed by atoms with Crippen molar-refractivity contribution in [1.29, 1.82) is 0 Å².